The highest BCUT2D eigenvalue weighted by Crippen LogP contribution is 2.37. The van der Waals surface area contributed by atoms with E-state index in [9.17, 15) is 9.18 Å². The summed E-state index contributed by atoms with van der Waals surface area (Å²) < 4.78 is 19.4. The molecule has 3 aromatic rings. The molecule has 0 aliphatic rings. The minimum Gasteiger partial charge on any atom is -0.497 e. The van der Waals surface area contributed by atoms with E-state index in [1.165, 1.54) is 31.5 Å². The van der Waals surface area contributed by atoms with Crippen LogP contribution in [0.5, 0.6) is 5.75 Å². The SMILES string of the molecule is COc1ccc(-c2c(Cl)cnc3ccc(C(=O)O)cc23)c(F)c1. The molecule has 0 bridgehead atoms. The lowest BCUT2D eigenvalue weighted by Crippen LogP contribution is -1.97. The monoisotopic (exact) mass is 331 g/mol. The van der Waals surface area contributed by atoms with Gasteiger partial charge in [-0.3, -0.25) is 4.98 Å². The second kappa shape index (κ2) is 5.85. The number of fused-ring (bicyclic) bond motifs is 1. The largest absolute Gasteiger partial charge is 0.497 e. The summed E-state index contributed by atoms with van der Waals surface area (Å²) in [5.74, 6) is -1.21. The second-order valence-electron chi connectivity index (χ2n) is 4.86. The normalized spacial score (nSPS) is 10.7. The van der Waals surface area contributed by atoms with Gasteiger partial charge in [-0.2, -0.15) is 0 Å². The van der Waals surface area contributed by atoms with Gasteiger partial charge in [0.15, 0.2) is 0 Å². The maximum atomic E-state index is 14.4. The van der Waals surface area contributed by atoms with Crippen molar-refractivity contribution in [2.45, 2.75) is 0 Å². The van der Waals surface area contributed by atoms with Crippen LogP contribution in [0.25, 0.3) is 22.0 Å². The number of rotatable bonds is 3. The summed E-state index contributed by atoms with van der Waals surface area (Å²) in [7, 11) is 1.45. The van der Waals surface area contributed by atoms with Gasteiger partial charge in [-0.1, -0.05) is 11.6 Å². The Morgan fingerprint density at radius 2 is 2.04 bits per heavy atom. The van der Waals surface area contributed by atoms with Crippen LogP contribution in [0.3, 0.4) is 0 Å². The summed E-state index contributed by atoms with van der Waals surface area (Å²) in [4.78, 5) is 15.3. The van der Waals surface area contributed by atoms with Crippen LogP contribution in [0.15, 0.2) is 42.6 Å². The van der Waals surface area contributed by atoms with Crippen molar-refractivity contribution in [3.8, 4) is 16.9 Å². The first-order valence-corrected chi connectivity index (χ1v) is 7.04. The highest BCUT2D eigenvalue weighted by Gasteiger charge is 2.16. The molecule has 0 aliphatic carbocycles. The van der Waals surface area contributed by atoms with Gasteiger partial charge in [0, 0.05) is 28.8 Å². The number of carboxylic acids is 1. The van der Waals surface area contributed by atoms with Crippen LogP contribution in [-0.4, -0.2) is 23.2 Å². The molecule has 0 unspecified atom stereocenters. The van der Waals surface area contributed by atoms with Gasteiger partial charge >= 0.3 is 5.97 Å². The van der Waals surface area contributed by atoms with E-state index in [2.05, 4.69) is 4.98 Å². The lowest BCUT2D eigenvalue weighted by molar-refractivity contribution is 0.0697. The molecule has 6 heteroatoms. The van der Waals surface area contributed by atoms with E-state index in [4.69, 9.17) is 21.4 Å². The van der Waals surface area contributed by atoms with Crippen LogP contribution in [0.2, 0.25) is 5.02 Å². The first-order valence-electron chi connectivity index (χ1n) is 6.66. The average molecular weight is 332 g/mol. The lowest BCUT2D eigenvalue weighted by atomic mass is 9.99. The molecule has 0 saturated carbocycles. The molecule has 116 valence electrons. The van der Waals surface area contributed by atoms with Gasteiger partial charge in [-0.25, -0.2) is 9.18 Å². The molecule has 0 atom stereocenters. The van der Waals surface area contributed by atoms with Gasteiger partial charge in [-0.15, -0.1) is 0 Å². The Morgan fingerprint density at radius 3 is 2.70 bits per heavy atom. The van der Waals surface area contributed by atoms with Crippen LogP contribution >= 0.6 is 11.6 Å². The Kier molecular flexibility index (Phi) is 3.88. The lowest BCUT2D eigenvalue weighted by Gasteiger charge is -2.11. The Labute approximate surface area is 136 Å². The summed E-state index contributed by atoms with van der Waals surface area (Å²) >= 11 is 6.21. The zero-order valence-corrected chi connectivity index (χ0v) is 12.8. The number of ether oxygens (including phenoxy) is 1. The molecule has 0 saturated heterocycles. The number of hydrogen-bond donors (Lipinski definition) is 1. The first-order chi connectivity index (χ1) is 11.0. The number of halogens is 2. The van der Waals surface area contributed by atoms with Crippen LogP contribution in [-0.2, 0) is 0 Å². The molecular formula is C17H11ClFNO3. The number of benzene rings is 2. The summed E-state index contributed by atoms with van der Waals surface area (Å²) in [6.45, 7) is 0. The van der Waals surface area contributed by atoms with E-state index < -0.39 is 11.8 Å². The van der Waals surface area contributed by atoms with Crippen LogP contribution < -0.4 is 4.74 Å². The van der Waals surface area contributed by atoms with Gasteiger partial charge in [0.05, 0.1) is 23.2 Å². The molecule has 2 aromatic carbocycles. The zero-order valence-electron chi connectivity index (χ0n) is 12.0. The molecule has 1 heterocycles. The third kappa shape index (κ3) is 2.71. The van der Waals surface area contributed by atoms with Crippen molar-refractivity contribution in [3.63, 3.8) is 0 Å². The van der Waals surface area contributed by atoms with E-state index in [0.29, 0.717) is 22.2 Å². The molecule has 23 heavy (non-hydrogen) atoms. The Balaban J connectivity index is 2.33. The van der Waals surface area contributed by atoms with Crippen molar-refractivity contribution in [1.82, 2.24) is 4.98 Å². The highest BCUT2D eigenvalue weighted by molar-refractivity contribution is 6.34. The van der Waals surface area contributed by atoms with E-state index >= 15 is 0 Å². The molecule has 0 fully saturated rings. The maximum absolute atomic E-state index is 14.4. The van der Waals surface area contributed by atoms with E-state index in [-0.39, 0.29) is 16.1 Å². The second-order valence-corrected chi connectivity index (χ2v) is 5.27. The van der Waals surface area contributed by atoms with Gasteiger partial charge in [0.2, 0.25) is 0 Å². The number of hydrogen-bond acceptors (Lipinski definition) is 3. The molecule has 0 amide bonds. The van der Waals surface area contributed by atoms with Gasteiger partial charge in [-0.05, 0) is 30.3 Å². The fourth-order valence-corrected chi connectivity index (χ4v) is 2.65. The minimum absolute atomic E-state index is 0.0803. The van der Waals surface area contributed by atoms with Crippen molar-refractivity contribution in [2.75, 3.05) is 7.11 Å². The molecule has 1 aromatic heterocycles. The standard InChI is InChI=1S/C17H11ClFNO3/c1-23-10-3-4-11(14(19)7-10)16-12-6-9(17(21)22)2-5-15(12)20-8-13(16)18/h2-8H,1H3,(H,21,22). The summed E-state index contributed by atoms with van der Waals surface area (Å²) in [5, 5.41) is 9.87. The van der Waals surface area contributed by atoms with Crippen molar-refractivity contribution in [1.29, 1.82) is 0 Å². The number of aromatic carboxylic acids is 1. The molecule has 0 aliphatic heterocycles. The number of carboxylic acid groups (broad SMARTS) is 1. The van der Waals surface area contributed by atoms with Gasteiger partial charge in [0.1, 0.15) is 11.6 Å². The third-order valence-corrected chi connectivity index (χ3v) is 3.80. The predicted octanol–water partition coefficient (Wildman–Crippen LogP) is 4.40. The van der Waals surface area contributed by atoms with Crippen molar-refractivity contribution in [3.05, 3.63) is 59.0 Å². The average Bonchev–Trinajstić information content (AvgIpc) is 2.54. The predicted molar refractivity (Wildman–Crippen MR) is 85.7 cm³/mol. The Morgan fingerprint density at radius 1 is 1.26 bits per heavy atom. The zero-order chi connectivity index (χ0) is 16.6. The molecule has 1 N–H and O–H groups in total. The van der Waals surface area contributed by atoms with E-state index in [0.717, 1.165) is 0 Å². The highest BCUT2D eigenvalue weighted by atomic mass is 35.5. The Bertz CT molecular complexity index is 927. The molecular weight excluding hydrogens is 321 g/mol. The number of pyridine rings is 1. The quantitative estimate of drug-likeness (QED) is 0.772. The number of aromatic nitrogens is 1. The fraction of sp³-hybridized carbons (Fsp3) is 0.0588. The minimum atomic E-state index is -1.08. The maximum Gasteiger partial charge on any atom is 0.335 e. The van der Waals surface area contributed by atoms with Crippen molar-refractivity contribution >= 4 is 28.5 Å². The van der Waals surface area contributed by atoms with Gasteiger partial charge < -0.3 is 9.84 Å². The first kappa shape index (κ1) is 15.2. The fourth-order valence-electron chi connectivity index (χ4n) is 2.40. The molecule has 3 rings (SSSR count). The van der Waals surface area contributed by atoms with E-state index in [1.807, 2.05) is 0 Å². The van der Waals surface area contributed by atoms with Crippen molar-refractivity contribution in [2.24, 2.45) is 0 Å². The molecule has 0 spiro atoms. The van der Waals surface area contributed by atoms with Crippen molar-refractivity contribution < 1.29 is 19.0 Å². The van der Waals surface area contributed by atoms with Crippen LogP contribution in [0.4, 0.5) is 4.39 Å². The number of methoxy groups -OCH3 is 1. The summed E-state index contributed by atoms with van der Waals surface area (Å²) in [6.07, 6.45) is 1.42. The third-order valence-electron chi connectivity index (χ3n) is 3.51. The smallest absolute Gasteiger partial charge is 0.335 e. The Hall–Kier alpha value is -2.66. The molecule has 4 nitrogen and oxygen atoms in total. The summed E-state index contributed by atoms with van der Waals surface area (Å²) in [6, 6.07) is 8.86. The number of carbonyl (C=O) groups is 1. The summed E-state index contributed by atoms with van der Waals surface area (Å²) in [5.41, 5.74) is 1.27. The van der Waals surface area contributed by atoms with E-state index in [1.54, 1.807) is 18.2 Å². The number of nitrogens with zero attached hydrogens (tertiary/aromatic N) is 1. The topological polar surface area (TPSA) is 59.4 Å². The van der Waals surface area contributed by atoms with Crippen LogP contribution in [0, 0.1) is 5.82 Å². The van der Waals surface area contributed by atoms with Crippen LogP contribution in [0.1, 0.15) is 10.4 Å². The molecule has 0 radical (unpaired) electrons. The van der Waals surface area contributed by atoms with Gasteiger partial charge in [0.25, 0.3) is 0 Å².